The number of carbonyl (C=O) groups is 1. The van der Waals surface area contributed by atoms with Crippen LogP contribution in [0.1, 0.15) is 37.7 Å². The molecular weight excluding hydrogens is 228 g/mol. The maximum Gasteiger partial charge on any atom is 0.313 e. The normalized spacial score (nSPS) is 18.3. The van der Waals surface area contributed by atoms with Crippen LogP contribution in [0.15, 0.2) is 24.3 Å². The third-order valence-corrected chi connectivity index (χ3v) is 3.86. The smallest absolute Gasteiger partial charge is 0.313 e. The Bertz CT molecular complexity index is 420. The first-order valence-corrected chi connectivity index (χ1v) is 6.56. The van der Waals surface area contributed by atoms with Crippen molar-refractivity contribution in [1.29, 1.82) is 0 Å². The molecule has 1 fully saturated rings. The quantitative estimate of drug-likeness (QED) is 0.888. The second kappa shape index (κ2) is 5.42. The zero-order valence-corrected chi connectivity index (χ0v) is 10.8. The molecule has 2 rings (SSSR count). The van der Waals surface area contributed by atoms with Gasteiger partial charge in [0.05, 0.1) is 0 Å². The molecule has 98 valence electrons. The number of rotatable bonds is 4. The summed E-state index contributed by atoms with van der Waals surface area (Å²) >= 11 is 0. The van der Waals surface area contributed by atoms with E-state index in [1.807, 2.05) is 31.2 Å². The van der Waals surface area contributed by atoms with Gasteiger partial charge in [-0.1, -0.05) is 37.5 Å². The number of aliphatic carboxylic acids is 1. The molecule has 1 aromatic carbocycles. The minimum Gasteiger partial charge on any atom is -0.492 e. The van der Waals surface area contributed by atoms with Crippen molar-refractivity contribution < 1.29 is 14.6 Å². The van der Waals surface area contributed by atoms with Gasteiger partial charge in [-0.3, -0.25) is 4.79 Å². The molecule has 0 heterocycles. The highest BCUT2D eigenvalue weighted by Crippen LogP contribution is 2.37. The van der Waals surface area contributed by atoms with Crippen LogP contribution in [0.5, 0.6) is 5.75 Å². The van der Waals surface area contributed by atoms with Crippen LogP contribution < -0.4 is 4.74 Å². The summed E-state index contributed by atoms with van der Waals surface area (Å²) in [5, 5.41) is 9.46. The molecule has 0 saturated heterocycles. The molecule has 0 aliphatic heterocycles. The maximum atomic E-state index is 11.5. The van der Waals surface area contributed by atoms with E-state index in [2.05, 4.69) is 0 Å². The number of hydrogen-bond donors (Lipinski definition) is 1. The molecular formula is C15H20O3. The number of aryl methyl sites for hydroxylation is 1. The standard InChI is InChI=1S/C15H20O3/c1-12-7-3-4-8-13(12)18-11-15(14(16)17)9-5-2-6-10-15/h3-4,7-8H,2,5-6,9-11H2,1H3,(H,16,17). The van der Waals surface area contributed by atoms with Gasteiger partial charge >= 0.3 is 5.97 Å². The minimum absolute atomic E-state index is 0.285. The average Bonchev–Trinajstić information content (AvgIpc) is 2.39. The van der Waals surface area contributed by atoms with Crippen LogP contribution in [0.4, 0.5) is 0 Å². The van der Waals surface area contributed by atoms with Crippen molar-refractivity contribution in [1.82, 2.24) is 0 Å². The van der Waals surface area contributed by atoms with E-state index in [-0.39, 0.29) is 6.61 Å². The molecule has 1 aliphatic carbocycles. The van der Waals surface area contributed by atoms with Gasteiger partial charge in [-0.15, -0.1) is 0 Å². The van der Waals surface area contributed by atoms with E-state index in [0.717, 1.165) is 43.4 Å². The van der Waals surface area contributed by atoms with E-state index in [9.17, 15) is 9.90 Å². The second-order valence-electron chi connectivity index (χ2n) is 5.20. The molecule has 1 N–H and O–H groups in total. The van der Waals surface area contributed by atoms with Crippen molar-refractivity contribution in [2.75, 3.05) is 6.61 Å². The zero-order chi connectivity index (χ0) is 13.0. The summed E-state index contributed by atoms with van der Waals surface area (Å²) < 4.78 is 5.76. The fraction of sp³-hybridized carbons (Fsp3) is 0.533. The maximum absolute atomic E-state index is 11.5. The van der Waals surface area contributed by atoms with Gasteiger partial charge in [0.15, 0.2) is 0 Å². The SMILES string of the molecule is Cc1ccccc1OCC1(C(=O)O)CCCCC1. The number of para-hydroxylation sites is 1. The summed E-state index contributed by atoms with van der Waals surface area (Å²) in [5.41, 5.74) is 0.370. The van der Waals surface area contributed by atoms with E-state index in [1.165, 1.54) is 0 Å². The lowest BCUT2D eigenvalue weighted by Crippen LogP contribution is -2.39. The third kappa shape index (κ3) is 2.66. The molecule has 0 bridgehead atoms. The summed E-state index contributed by atoms with van der Waals surface area (Å²) in [6.45, 7) is 2.26. The first-order chi connectivity index (χ1) is 8.64. The number of carboxylic acid groups (broad SMARTS) is 1. The Morgan fingerprint density at radius 3 is 2.56 bits per heavy atom. The van der Waals surface area contributed by atoms with Gasteiger partial charge < -0.3 is 9.84 Å². The van der Waals surface area contributed by atoms with E-state index in [4.69, 9.17) is 4.74 Å². The van der Waals surface area contributed by atoms with Crippen molar-refractivity contribution in [3.63, 3.8) is 0 Å². The van der Waals surface area contributed by atoms with Crippen LogP contribution >= 0.6 is 0 Å². The summed E-state index contributed by atoms with van der Waals surface area (Å²) in [7, 11) is 0. The predicted octanol–water partition coefficient (Wildman–Crippen LogP) is 3.41. The average molecular weight is 248 g/mol. The Hall–Kier alpha value is -1.51. The van der Waals surface area contributed by atoms with Gasteiger partial charge in [-0.05, 0) is 31.4 Å². The van der Waals surface area contributed by atoms with E-state index < -0.39 is 11.4 Å². The van der Waals surface area contributed by atoms with Crippen LogP contribution in [0.25, 0.3) is 0 Å². The van der Waals surface area contributed by atoms with Crippen LogP contribution in [-0.4, -0.2) is 17.7 Å². The van der Waals surface area contributed by atoms with Gasteiger partial charge in [-0.2, -0.15) is 0 Å². The predicted molar refractivity (Wildman–Crippen MR) is 69.8 cm³/mol. The second-order valence-corrected chi connectivity index (χ2v) is 5.20. The highest BCUT2D eigenvalue weighted by atomic mass is 16.5. The molecule has 0 radical (unpaired) electrons. The molecule has 0 amide bonds. The monoisotopic (exact) mass is 248 g/mol. The molecule has 3 heteroatoms. The third-order valence-electron chi connectivity index (χ3n) is 3.86. The minimum atomic E-state index is -0.712. The lowest BCUT2D eigenvalue weighted by Gasteiger charge is -2.32. The summed E-state index contributed by atoms with van der Waals surface area (Å²) in [4.78, 5) is 11.5. The largest absolute Gasteiger partial charge is 0.492 e. The molecule has 1 saturated carbocycles. The topological polar surface area (TPSA) is 46.5 Å². The van der Waals surface area contributed by atoms with Gasteiger partial charge in [-0.25, -0.2) is 0 Å². The fourth-order valence-electron chi connectivity index (χ4n) is 2.58. The summed E-state index contributed by atoms with van der Waals surface area (Å²) in [6, 6.07) is 7.74. The van der Waals surface area contributed by atoms with E-state index in [1.54, 1.807) is 0 Å². The Labute approximate surface area is 108 Å². The Morgan fingerprint density at radius 1 is 1.28 bits per heavy atom. The lowest BCUT2D eigenvalue weighted by atomic mass is 9.75. The molecule has 3 nitrogen and oxygen atoms in total. The number of hydrogen-bond acceptors (Lipinski definition) is 2. The van der Waals surface area contributed by atoms with Crippen LogP contribution in [0.2, 0.25) is 0 Å². The molecule has 0 atom stereocenters. The van der Waals surface area contributed by atoms with Crippen molar-refractivity contribution in [2.45, 2.75) is 39.0 Å². The van der Waals surface area contributed by atoms with Crippen LogP contribution in [0.3, 0.4) is 0 Å². The molecule has 18 heavy (non-hydrogen) atoms. The van der Waals surface area contributed by atoms with Gasteiger partial charge in [0.2, 0.25) is 0 Å². The Kier molecular flexibility index (Phi) is 3.90. The fourth-order valence-corrected chi connectivity index (χ4v) is 2.58. The van der Waals surface area contributed by atoms with Crippen LogP contribution in [0, 0.1) is 12.3 Å². The van der Waals surface area contributed by atoms with Gasteiger partial charge in [0.25, 0.3) is 0 Å². The van der Waals surface area contributed by atoms with E-state index in [0.29, 0.717) is 0 Å². The highest BCUT2D eigenvalue weighted by Gasteiger charge is 2.40. The number of benzene rings is 1. The highest BCUT2D eigenvalue weighted by molar-refractivity contribution is 5.75. The Balaban J connectivity index is 2.06. The van der Waals surface area contributed by atoms with Gasteiger partial charge in [0, 0.05) is 0 Å². The molecule has 1 aromatic rings. The van der Waals surface area contributed by atoms with Gasteiger partial charge in [0.1, 0.15) is 17.8 Å². The van der Waals surface area contributed by atoms with Crippen molar-refractivity contribution >= 4 is 5.97 Å². The zero-order valence-electron chi connectivity index (χ0n) is 10.8. The number of carboxylic acids is 1. The lowest BCUT2D eigenvalue weighted by molar-refractivity contribution is -0.153. The number of ether oxygens (including phenoxy) is 1. The molecule has 0 aromatic heterocycles. The first-order valence-electron chi connectivity index (χ1n) is 6.56. The molecule has 1 aliphatic rings. The van der Waals surface area contributed by atoms with E-state index >= 15 is 0 Å². The van der Waals surface area contributed by atoms with Crippen molar-refractivity contribution in [3.8, 4) is 5.75 Å². The van der Waals surface area contributed by atoms with Crippen LogP contribution in [-0.2, 0) is 4.79 Å². The van der Waals surface area contributed by atoms with Crippen molar-refractivity contribution in [2.24, 2.45) is 5.41 Å². The Morgan fingerprint density at radius 2 is 1.94 bits per heavy atom. The first kappa shape index (κ1) is 12.9. The summed E-state index contributed by atoms with van der Waals surface area (Å²) in [6.07, 6.45) is 4.58. The van der Waals surface area contributed by atoms with Crippen molar-refractivity contribution in [3.05, 3.63) is 29.8 Å². The summed E-state index contributed by atoms with van der Waals surface area (Å²) in [5.74, 6) is 0.0829. The molecule has 0 unspecified atom stereocenters. The molecule has 0 spiro atoms.